The molecule has 1 atom stereocenters. The van der Waals surface area contributed by atoms with Crippen molar-refractivity contribution in [3.8, 4) is 0 Å². The summed E-state index contributed by atoms with van der Waals surface area (Å²) in [5, 5.41) is 0. The van der Waals surface area contributed by atoms with Crippen molar-refractivity contribution in [3.63, 3.8) is 0 Å². The zero-order valence-electron chi connectivity index (χ0n) is 9.46. The molecule has 1 fully saturated rings. The van der Waals surface area contributed by atoms with Gasteiger partial charge in [0.05, 0.1) is 6.04 Å². The van der Waals surface area contributed by atoms with E-state index in [-0.39, 0.29) is 6.54 Å². The fourth-order valence-electron chi connectivity index (χ4n) is 1.82. The second kappa shape index (κ2) is 4.56. The molecule has 1 heterocycles. The van der Waals surface area contributed by atoms with Crippen LogP contribution < -0.4 is 4.72 Å². The lowest BCUT2D eigenvalue weighted by molar-refractivity contribution is -0.109. The predicted molar refractivity (Wildman–Crippen MR) is 63.5 cm³/mol. The summed E-state index contributed by atoms with van der Waals surface area (Å²) < 4.78 is 27.0. The van der Waals surface area contributed by atoms with Crippen LogP contribution in [0.5, 0.6) is 0 Å². The van der Waals surface area contributed by atoms with Gasteiger partial charge in [-0.3, -0.25) is 0 Å². The number of carbonyl (C=O) groups is 1. The monoisotopic (exact) mass is 254 g/mol. The van der Waals surface area contributed by atoms with E-state index in [1.54, 1.807) is 0 Å². The smallest absolute Gasteiger partial charge is 0.280 e. The van der Waals surface area contributed by atoms with Gasteiger partial charge in [0, 0.05) is 13.1 Å². The molecule has 0 aliphatic carbocycles. The first-order chi connectivity index (χ1) is 8.03. The van der Waals surface area contributed by atoms with Crippen LogP contribution in [0.15, 0.2) is 24.3 Å². The Hall–Kier alpha value is -1.24. The van der Waals surface area contributed by atoms with E-state index in [0.717, 1.165) is 11.1 Å². The zero-order valence-corrected chi connectivity index (χ0v) is 10.3. The van der Waals surface area contributed by atoms with E-state index in [1.165, 1.54) is 4.31 Å². The second-order valence-corrected chi connectivity index (χ2v) is 5.79. The maximum Gasteiger partial charge on any atom is 0.280 e. The van der Waals surface area contributed by atoms with Gasteiger partial charge in [-0.25, -0.2) is 0 Å². The van der Waals surface area contributed by atoms with Crippen molar-refractivity contribution in [2.45, 2.75) is 19.5 Å². The lowest BCUT2D eigenvalue weighted by Gasteiger charge is -2.14. The van der Waals surface area contributed by atoms with Crippen molar-refractivity contribution < 1.29 is 13.2 Å². The average molecular weight is 254 g/mol. The summed E-state index contributed by atoms with van der Waals surface area (Å²) in [6, 6.07) is 6.96. The Kier molecular flexibility index (Phi) is 3.28. The fraction of sp³-hybridized carbons (Fsp3) is 0.364. The van der Waals surface area contributed by atoms with Crippen LogP contribution in [0.25, 0.3) is 0 Å². The third kappa shape index (κ3) is 2.54. The molecule has 1 aromatic rings. The van der Waals surface area contributed by atoms with Crippen molar-refractivity contribution >= 4 is 16.5 Å². The van der Waals surface area contributed by atoms with E-state index in [2.05, 4.69) is 4.72 Å². The van der Waals surface area contributed by atoms with Crippen LogP contribution in [-0.2, 0) is 21.5 Å². The minimum atomic E-state index is -3.51. The van der Waals surface area contributed by atoms with Crippen molar-refractivity contribution in [2.75, 3.05) is 6.54 Å². The molecule has 5 nitrogen and oxygen atoms in total. The number of benzene rings is 1. The van der Waals surface area contributed by atoms with E-state index in [1.807, 2.05) is 31.2 Å². The van der Waals surface area contributed by atoms with Gasteiger partial charge in [0.2, 0.25) is 0 Å². The van der Waals surface area contributed by atoms with Crippen LogP contribution in [-0.4, -0.2) is 31.6 Å². The number of nitrogens with zero attached hydrogens (tertiary/aromatic N) is 1. The van der Waals surface area contributed by atoms with Gasteiger partial charge in [-0.05, 0) is 18.1 Å². The topological polar surface area (TPSA) is 66.5 Å². The van der Waals surface area contributed by atoms with Crippen LogP contribution in [0.1, 0.15) is 11.1 Å². The second-order valence-electron chi connectivity index (χ2n) is 4.08. The van der Waals surface area contributed by atoms with Gasteiger partial charge in [0.25, 0.3) is 10.2 Å². The summed E-state index contributed by atoms with van der Waals surface area (Å²) in [6.45, 7) is 2.43. The molecule has 1 saturated heterocycles. The summed E-state index contributed by atoms with van der Waals surface area (Å²) in [5.41, 5.74) is 1.99. The van der Waals surface area contributed by atoms with Crippen LogP contribution in [0, 0.1) is 6.92 Å². The normalized spacial score (nSPS) is 23.7. The van der Waals surface area contributed by atoms with Gasteiger partial charge < -0.3 is 4.79 Å². The van der Waals surface area contributed by atoms with Crippen molar-refractivity contribution in [1.29, 1.82) is 0 Å². The van der Waals surface area contributed by atoms with E-state index < -0.39 is 16.3 Å². The molecule has 92 valence electrons. The first-order valence-corrected chi connectivity index (χ1v) is 6.74. The van der Waals surface area contributed by atoms with E-state index in [9.17, 15) is 13.2 Å². The SMILES string of the molecule is Cc1ccccc1CN1CC(C=O)NS1(=O)=O. The quantitative estimate of drug-likeness (QED) is 0.784. The molecule has 0 spiro atoms. The molecule has 1 N–H and O–H groups in total. The fourth-order valence-corrected chi connectivity index (χ4v) is 3.15. The van der Waals surface area contributed by atoms with Crippen LogP contribution in [0.3, 0.4) is 0 Å². The van der Waals surface area contributed by atoms with Crippen LogP contribution >= 0.6 is 0 Å². The van der Waals surface area contributed by atoms with Crippen LogP contribution in [0.4, 0.5) is 0 Å². The first kappa shape index (κ1) is 12.2. The lowest BCUT2D eigenvalue weighted by Crippen LogP contribution is -2.30. The number of carbonyl (C=O) groups excluding carboxylic acids is 1. The highest BCUT2D eigenvalue weighted by atomic mass is 32.2. The average Bonchev–Trinajstić information content (AvgIpc) is 2.57. The highest BCUT2D eigenvalue weighted by Gasteiger charge is 2.34. The van der Waals surface area contributed by atoms with Crippen molar-refractivity contribution in [3.05, 3.63) is 35.4 Å². The number of aryl methyl sites for hydroxylation is 1. The molecule has 6 heteroatoms. The molecule has 0 bridgehead atoms. The van der Waals surface area contributed by atoms with E-state index in [0.29, 0.717) is 12.8 Å². The Balaban J connectivity index is 2.20. The Morgan fingerprint density at radius 2 is 2.18 bits per heavy atom. The highest BCUT2D eigenvalue weighted by Crippen LogP contribution is 2.16. The molecule has 1 aliphatic rings. The van der Waals surface area contributed by atoms with E-state index >= 15 is 0 Å². The van der Waals surface area contributed by atoms with E-state index in [4.69, 9.17) is 0 Å². The van der Waals surface area contributed by atoms with Gasteiger partial charge in [-0.15, -0.1) is 0 Å². The Bertz CT molecular complexity index is 527. The van der Waals surface area contributed by atoms with Crippen molar-refractivity contribution in [1.82, 2.24) is 9.03 Å². The number of rotatable bonds is 3. The summed E-state index contributed by atoms with van der Waals surface area (Å²) in [7, 11) is -3.51. The summed E-state index contributed by atoms with van der Waals surface area (Å²) in [4.78, 5) is 10.6. The molecule has 0 radical (unpaired) electrons. The minimum Gasteiger partial charge on any atom is -0.302 e. The third-order valence-electron chi connectivity index (χ3n) is 2.81. The van der Waals surface area contributed by atoms with Gasteiger partial charge in [0.15, 0.2) is 0 Å². The van der Waals surface area contributed by atoms with Crippen LogP contribution in [0.2, 0.25) is 0 Å². The molecular formula is C11H14N2O3S. The van der Waals surface area contributed by atoms with Crippen molar-refractivity contribution in [2.24, 2.45) is 0 Å². The Morgan fingerprint density at radius 3 is 2.76 bits per heavy atom. The third-order valence-corrected chi connectivity index (χ3v) is 4.37. The standard InChI is InChI=1S/C11H14N2O3S/c1-9-4-2-3-5-10(9)6-13-7-11(8-14)12-17(13,15)16/h2-5,8,11-12H,6-7H2,1H3. The molecule has 2 rings (SSSR count). The summed E-state index contributed by atoms with van der Waals surface area (Å²) in [5.74, 6) is 0. The molecular weight excluding hydrogens is 240 g/mol. The van der Waals surface area contributed by atoms with Gasteiger partial charge in [-0.1, -0.05) is 24.3 Å². The number of hydrogen-bond acceptors (Lipinski definition) is 3. The van der Waals surface area contributed by atoms with Gasteiger partial charge in [0.1, 0.15) is 6.29 Å². The lowest BCUT2D eigenvalue weighted by atomic mass is 10.1. The first-order valence-electron chi connectivity index (χ1n) is 5.30. The highest BCUT2D eigenvalue weighted by molar-refractivity contribution is 7.87. The van der Waals surface area contributed by atoms with Gasteiger partial charge >= 0.3 is 0 Å². The molecule has 1 aromatic carbocycles. The summed E-state index contributed by atoms with van der Waals surface area (Å²) in [6.07, 6.45) is 0.620. The zero-order chi connectivity index (χ0) is 12.5. The number of aldehydes is 1. The number of hydrogen-bond donors (Lipinski definition) is 1. The summed E-state index contributed by atoms with van der Waals surface area (Å²) >= 11 is 0. The largest absolute Gasteiger partial charge is 0.302 e. The molecule has 0 saturated carbocycles. The van der Waals surface area contributed by atoms with Gasteiger partial charge in [-0.2, -0.15) is 17.4 Å². The maximum absolute atomic E-state index is 11.7. The Labute approximate surface area is 101 Å². The number of nitrogens with one attached hydrogen (secondary N) is 1. The molecule has 1 unspecified atom stereocenters. The Morgan fingerprint density at radius 1 is 1.47 bits per heavy atom. The maximum atomic E-state index is 11.7. The molecule has 0 amide bonds. The molecule has 0 aromatic heterocycles. The molecule has 1 aliphatic heterocycles. The predicted octanol–water partition coefficient (Wildman–Crippen LogP) is 0.213. The minimum absolute atomic E-state index is 0.195. The molecule has 17 heavy (non-hydrogen) atoms.